The highest BCUT2D eigenvalue weighted by molar-refractivity contribution is 7.21. The number of fused-ring (bicyclic) bond motifs is 1. The van der Waals surface area contributed by atoms with E-state index in [2.05, 4.69) is 5.32 Å². The average Bonchev–Trinajstić information content (AvgIpc) is 3.24. The number of rotatable bonds is 6. The molecule has 0 unspecified atom stereocenters. The Morgan fingerprint density at radius 3 is 2.80 bits per heavy atom. The Labute approximate surface area is 149 Å². The molecule has 2 aromatic rings. The number of carbonyl (C=O) groups excluding carboxylic acids is 2. The Balaban J connectivity index is 1.70. The third-order valence-electron chi connectivity index (χ3n) is 4.34. The number of amides is 2. The van der Waals surface area contributed by atoms with E-state index in [1.165, 1.54) is 24.5 Å². The molecule has 1 N–H and O–H groups in total. The number of ether oxygens (including phenoxy) is 1. The number of carbonyl (C=O) groups is 2. The van der Waals surface area contributed by atoms with Gasteiger partial charge in [-0.1, -0.05) is 6.07 Å². The molecule has 1 aromatic heterocycles. The fraction of sp³-hybridized carbons (Fsp3) is 0.444. The number of likely N-dealkylation sites (tertiary alicyclic amines) is 1. The maximum atomic E-state index is 14.1. The van der Waals surface area contributed by atoms with Crippen molar-refractivity contribution in [3.8, 4) is 0 Å². The number of benzene rings is 1. The molecule has 5 nitrogen and oxygen atoms in total. The van der Waals surface area contributed by atoms with Crippen molar-refractivity contribution in [1.82, 2.24) is 10.2 Å². The predicted molar refractivity (Wildman–Crippen MR) is 95.3 cm³/mol. The van der Waals surface area contributed by atoms with Gasteiger partial charge >= 0.3 is 0 Å². The second kappa shape index (κ2) is 7.93. The first-order valence-corrected chi connectivity index (χ1v) is 9.18. The third-order valence-corrected chi connectivity index (χ3v) is 5.54. The van der Waals surface area contributed by atoms with E-state index in [1.54, 1.807) is 12.1 Å². The summed E-state index contributed by atoms with van der Waals surface area (Å²) in [6, 6.07) is 4.79. The predicted octanol–water partition coefficient (Wildman–Crippen LogP) is 2.93. The minimum atomic E-state index is -0.357. The summed E-state index contributed by atoms with van der Waals surface area (Å²) in [5, 5.41) is 3.22. The zero-order valence-corrected chi connectivity index (χ0v) is 15.0. The molecule has 1 aliphatic heterocycles. The van der Waals surface area contributed by atoms with Gasteiger partial charge in [0.1, 0.15) is 5.82 Å². The summed E-state index contributed by atoms with van der Waals surface area (Å²) >= 11 is 1.24. The molecule has 0 aliphatic carbocycles. The van der Waals surface area contributed by atoms with Crippen LogP contribution in [0.15, 0.2) is 18.2 Å². The minimum Gasteiger partial charge on any atom is -0.380 e. The van der Waals surface area contributed by atoms with Crippen LogP contribution in [0, 0.1) is 5.82 Å². The molecule has 7 heteroatoms. The van der Waals surface area contributed by atoms with Crippen molar-refractivity contribution in [3.63, 3.8) is 0 Å². The number of hydrogen-bond acceptors (Lipinski definition) is 4. The number of methoxy groups -OCH3 is 1. The fourth-order valence-electron chi connectivity index (χ4n) is 3.12. The normalized spacial score (nSPS) is 14.2. The Morgan fingerprint density at radius 1 is 1.32 bits per heavy atom. The van der Waals surface area contributed by atoms with Gasteiger partial charge in [0.25, 0.3) is 5.91 Å². The lowest BCUT2D eigenvalue weighted by Gasteiger charge is -2.15. The highest BCUT2D eigenvalue weighted by Gasteiger charge is 2.21. The van der Waals surface area contributed by atoms with E-state index in [0.29, 0.717) is 20.5 Å². The molecular formula is C18H21FN2O3S. The monoisotopic (exact) mass is 364 g/mol. The smallest absolute Gasteiger partial charge is 0.261 e. The van der Waals surface area contributed by atoms with Gasteiger partial charge in [-0.05, 0) is 25.0 Å². The standard InChI is InChI=1S/C18H21FN2O3S/c1-24-11-12-16-13(19)5-4-6-14(16)25-17(12)18(23)20-8-7-15(22)21-9-2-3-10-21/h4-6H,2-3,7-11H2,1H3,(H,20,23). The summed E-state index contributed by atoms with van der Waals surface area (Å²) in [4.78, 5) is 26.8. The van der Waals surface area contributed by atoms with Crippen molar-refractivity contribution in [1.29, 1.82) is 0 Å². The first kappa shape index (κ1) is 17.8. The minimum absolute atomic E-state index is 0.0669. The van der Waals surface area contributed by atoms with Crippen LogP contribution in [0.5, 0.6) is 0 Å². The second-order valence-corrected chi connectivity index (χ2v) is 7.10. The van der Waals surface area contributed by atoms with Crippen LogP contribution in [0.1, 0.15) is 34.5 Å². The molecule has 1 aromatic carbocycles. The third kappa shape index (κ3) is 3.82. The van der Waals surface area contributed by atoms with Gasteiger partial charge in [-0.15, -0.1) is 11.3 Å². The molecule has 0 atom stereocenters. The van der Waals surface area contributed by atoms with Crippen LogP contribution in [0.3, 0.4) is 0 Å². The summed E-state index contributed by atoms with van der Waals surface area (Å²) in [5.41, 5.74) is 0.559. The van der Waals surface area contributed by atoms with Crippen LogP contribution in [0.2, 0.25) is 0 Å². The van der Waals surface area contributed by atoms with Crippen LogP contribution >= 0.6 is 11.3 Å². The van der Waals surface area contributed by atoms with E-state index >= 15 is 0 Å². The number of thiophene rings is 1. The average molecular weight is 364 g/mol. The number of nitrogens with zero attached hydrogens (tertiary/aromatic N) is 1. The molecule has 1 aliphatic rings. The van der Waals surface area contributed by atoms with Crippen LogP contribution in [0.4, 0.5) is 4.39 Å². The Morgan fingerprint density at radius 2 is 2.08 bits per heavy atom. The van der Waals surface area contributed by atoms with Gasteiger partial charge in [-0.2, -0.15) is 0 Å². The summed E-state index contributed by atoms with van der Waals surface area (Å²) in [6.45, 7) is 2.05. The van der Waals surface area contributed by atoms with Gasteiger partial charge in [0.05, 0.1) is 11.5 Å². The maximum absolute atomic E-state index is 14.1. The van der Waals surface area contributed by atoms with Crippen molar-refractivity contribution in [3.05, 3.63) is 34.5 Å². The quantitative estimate of drug-likeness (QED) is 0.857. The Bertz CT molecular complexity index is 784. The number of nitrogens with one attached hydrogen (secondary N) is 1. The highest BCUT2D eigenvalue weighted by Crippen LogP contribution is 2.33. The van der Waals surface area contributed by atoms with E-state index < -0.39 is 0 Å². The van der Waals surface area contributed by atoms with Crippen molar-refractivity contribution < 1.29 is 18.7 Å². The SMILES string of the molecule is COCc1c(C(=O)NCCC(=O)N2CCCC2)sc2cccc(F)c12. The highest BCUT2D eigenvalue weighted by atomic mass is 32.1. The molecule has 3 rings (SSSR count). The van der Waals surface area contributed by atoms with Gasteiger partial charge in [0.15, 0.2) is 0 Å². The van der Waals surface area contributed by atoms with Crippen molar-refractivity contribution in [2.45, 2.75) is 25.9 Å². The molecule has 134 valence electrons. The molecule has 0 saturated carbocycles. The van der Waals surface area contributed by atoms with E-state index in [4.69, 9.17) is 4.74 Å². The summed E-state index contributed by atoms with van der Waals surface area (Å²) in [5.74, 6) is -0.580. The fourth-order valence-corrected chi connectivity index (χ4v) is 4.26. The van der Waals surface area contributed by atoms with Crippen molar-refractivity contribution >= 4 is 33.2 Å². The molecule has 0 radical (unpaired) electrons. The lowest BCUT2D eigenvalue weighted by atomic mass is 10.1. The molecular weight excluding hydrogens is 343 g/mol. The van der Waals surface area contributed by atoms with Crippen molar-refractivity contribution in [2.24, 2.45) is 0 Å². The van der Waals surface area contributed by atoms with Crippen molar-refractivity contribution in [2.75, 3.05) is 26.7 Å². The Kier molecular flexibility index (Phi) is 5.65. The first-order chi connectivity index (χ1) is 12.1. The van der Waals surface area contributed by atoms with Gasteiger partial charge < -0.3 is 15.0 Å². The molecule has 25 heavy (non-hydrogen) atoms. The van der Waals surface area contributed by atoms with E-state index in [0.717, 1.165) is 25.9 Å². The zero-order chi connectivity index (χ0) is 17.8. The molecule has 2 amide bonds. The lowest BCUT2D eigenvalue weighted by Crippen LogP contribution is -2.32. The molecule has 2 heterocycles. The largest absolute Gasteiger partial charge is 0.380 e. The van der Waals surface area contributed by atoms with Crippen LogP contribution in [-0.4, -0.2) is 43.5 Å². The molecule has 1 fully saturated rings. The summed E-state index contributed by atoms with van der Waals surface area (Å²) in [6.07, 6.45) is 2.38. The maximum Gasteiger partial charge on any atom is 0.261 e. The van der Waals surface area contributed by atoms with Gasteiger partial charge in [0, 0.05) is 48.8 Å². The second-order valence-electron chi connectivity index (χ2n) is 6.05. The topological polar surface area (TPSA) is 58.6 Å². The van der Waals surface area contributed by atoms with Crippen LogP contribution < -0.4 is 5.32 Å². The number of halogens is 1. The van der Waals surface area contributed by atoms with Gasteiger partial charge in [-0.25, -0.2) is 4.39 Å². The van der Waals surface area contributed by atoms with Crippen LogP contribution in [-0.2, 0) is 16.1 Å². The zero-order valence-electron chi connectivity index (χ0n) is 14.1. The summed E-state index contributed by atoms with van der Waals surface area (Å²) in [7, 11) is 1.51. The van der Waals surface area contributed by atoms with Gasteiger partial charge in [-0.3, -0.25) is 9.59 Å². The lowest BCUT2D eigenvalue weighted by molar-refractivity contribution is -0.129. The van der Waals surface area contributed by atoms with E-state index in [-0.39, 0.29) is 37.2 Å². The van der Waals surface area contributed by atoms with Gasteiger partial charge in [0.2, 0.25) is 5.91 Å². The molecule has 0 spiro atoms. The Hall–Kier alpha value is -1.99. The van der Waals surface area contributed by atoms with E-state index in [9.17, 15) is 14.0 Å². The van der Waals surface area contributed by atoms with Crippen LogP contribution in [0.25, 0.3) is 10.1 Å². The first-order valence-electron chi connectivity index (χ1n) is 8.36. The molecule has 1 saturated heterocycles. The molecule has 0 bridgehead atoms. The summed E-state index contributed by atoms with van der Waals surface area (Å²) < 4.78 is 20.0. The van der Waals surface area contributed by atoms with E-state index in [1.807, 2.05) is 4.90 Å². The number of hydrogen-bond donors (Lipinski definition) is 1.